The first kappa shape index (κ1) is 16.4. The fourth-order valence-corrected chi connectivity index (χ4v) is 2.89. The van der Waals surface area contributed by atoms with Crippen molar-refractivity contribution in [3.8, 4) is 17.3 Å². The van der Waals surface area contributed by atoms with Crippen LogP contribution in [0.15, 0.2) is 89.2 Å². The maximum Gasteiger partial charge on any atom is 0.111 e. The third kappa shape index (κ3) is 3.24. The molecule has 0 bridgehead atoms. The number of aromatic nitrogens is 1. The van der Waals surface area contributed by atoms with E-state index in [2.05, 4.69) is 21.3 Å². The molecule has 1 heterocycles. The molecule has 27 heavy (non-hydrogen) atoms. The van der Waals surface area contributed by atoms with Gasteiger partial charge in [-0.3, -0.25) is 4.98 Å². The van der Waals surface area contributed by atoms with E-state index in [0.29, 0.717) is 22.6 Å². The number of pyridine rings is 1. The number of nitrogens with zero attached hydrogens (tertiary/aromatic N) is 4. The number of benzene rings is 3. The van der Waals surface area contributed by atoms with Crippen molar-refractivity contribution in [3.05, 3.63) is 84.6 Å². The van der Waals surface area contributed by atoms with Gasteiger partial charge >= 0.3 is 0 Å². The van der Waals surface area contributed by atoms with Gasteiger partial charge in [0.15, 0.2) is 0 Å². The molecule has 0 aliphatic carbocycles. The molecular formula is C22H15N5. The summed E-state index contributed by atoms with van der Waals surface area (Å²) in [6.07, 6.45) is 1.66. The zero-order valence-electron chi connectivity index (χ0n) is 14.4. The van der Waals surface area contributed by atoms with Crippen LogP contribution in [-0.4, -0.2) is 4.98 Å². The van der Waals surface area contributed by atoms with Gasteiger partial charge in [0.1, 0.15) is 11.4 Å². The predicted octanol–water partition coefficient (Wildman–Crippen LogP) is 5.77. The first-order valence-corrected chi connectivity index (χ1v) is 8.41. The Kier molecular flexibility index (Phi) is 4.30. The number of nitrogen functional groups attached to an aromatic ring is 1. The third-order valence-corrected chi connectivity index (χ3v) is 4.28. The van der Waals surface area contributed by atoms with E-state index in [9.17, 15) is 5.26 Å². The molecule has 4 aromatic rings. The third-order valence-electron chi connectivity index (χ3n) is 4.28. The van der Waals surface area contributed by atoms with Crippen molar-refractivity contribution in [1.82, 2.24) is 4.98 Å². The molecule has 0 unspecified atom stereocenters. The fraction of sp³-hybridized carbons (Fsp3) is 0. The minimum absolute atomic E-state index is 0.470. The van der Waals surface area contributed by atoms with Crippen LogP contribution in [0.5, 0.6) is 0 Å². The standard InChI is InChI=1S/C22H15N5/c23-13-16-12-21(22(24)19-9-5-4-8-18(16)19)27-26-17-10-11-20(25-14-17)15-6-2-1-3-7-15/h1-12,14H,24H2/b27-26+. The second kappa shape index (κ2) is 7.06. The summed E-state index contributed by atoms with van der Waals surface area (Å²) in [4.78, 5) is 4.43. The van der Waals surface area contributed by atoms with Crippen molar-refractivity contribution in [3.63, 3.8) is 0 Å². The SMILES string of the molecule is N#Cc1cc(/N=N/c2ccc(-c3ccccc3)nc2)c(N)c2ccccc12. The van der Waals surface area contributed by atoms with E-state index < -0.39 is 0 Å². The molecule has 0 atom stereocenters. The lowest BCUT2D eigenvalue weighted by atomic mass is 10.0. The summed E-state index contributed by atoms with van der Waals surface area (Å²) in [7, 11) is 0. The van der Waals surface area contributed by atoms with Crippen molar-refractivity contribution >= 4 is 27.8 Å². The minimum Gasteiger partial charge on any atom is -0.396 e. The molecule has 2 N–H and O–H groups in total. The van der Waals surface area contributed by atoms with Gasteiger partial charge in [0.25, 0.3) is 0 Å². The van der Waals surface area contributed by atoms with Crippen LogP contribution in [0.3, 0.4) is 0 Å². The molecule has 0 amide bonds. The highest BCUT2D eigenvalue weighted by atomic mass is 15.1. The molecule has 0 saturated carbocycles. The Hall–Kier alpha value is -4.04. The molecule has 0 spiro atoms. The Morgan fingerprint density at radius 3 is 2.30 bits per heavy atom. The topological polar surface area (TPSA) is 87.4 Å². The summed E-state index contributed by atoms with van der Waals surface area (Å²) in [5.74, 6) is 0. The molecule has 0 aliphatic rings. The molecule has 5 nitrogen and oxygen atoms in total. The van der Waals surface area contributed by atoms with Crippen molar-refractivity contribution < 1.29 is 0 Å². The van der Waals surface area contributed by atoms with Crippen molar-refractivity contribution in [2.24, 2.45) is 10.2 Å². The van der Waals surface area contributed by atoms with Gasteiger partial charge in [-0.1, -0.05) is 54.6 Å². The Morgan fingerprint density at radius 2 is 1.59 bits per heavy atom. The van der Waals surface area contributed by atoms with E-state index in [1.807, 2.05) is 66.7 Å². The number of hydrogen-bond acceptors (Lipinski definition) is 5. The summed E-state index contributed by atoms with van der Waals surface area (Å²) >= 11 is 0. The summed E-state index contributed by atoms with van der Waals surface area (Å²) in [6.45, 7) is 0. The number of hydrogen-bond donors (Lipinski definition) is 1. The van der Waals surface area contributed by atoms with Crippen molar-refractivity contribution in [2.75, 3.05) is 5.73 Å². The first-order chi connectivity index (χ1) is 13.3. The monoisotopic (exact) mass is 349 g/mol. The summed E-state index contributed by atoms with van der Waals surface area (Å²) in [6, 6.07) is 25.0. The average Bonchev–Trinajstić information content (AvgIpc) is 2.74. The highest BCUT2D eigenvalue weighted by Gasteiger charge is 2.09. The zero-order chi connectivity index (χ0) is 18.6. The second-order valence-corrected chi connectivity index (χ2v) is 5.98. The Morgan fingerprint density at radius 1 is 0.852 bits per heavy atom. The highest BCUT2D eigenvalue weighted by Crippen LogP contribution is 2.34. The van der Waals surface area contributed by atoms with Crippen LogP contribution in [0.1, 0.15) is 5.56 Å². The molecule has 0 aliphatic heterocycles. The van der Waals surface area contributed by atoms with Crippen molar-refractivity contribution in [1.29, 1.82) is 5.26 Å². The lowest BCUT2D eigenvalue weighted by molar-refractivity contribution is 1.20. The number of nitrogens with two attached hydrogens (primary N) is 1. The Balaban J connectivity index is 1.67. The smallest absolute Gasteiger partial charge is 0.111 e. The quantitative estimate of drug-likeness (QED) is 0.376. The van der Waals surface area contributed by atoms with E-state index in [1.54, 1.807) is 12.3 Å². The van der Waals surface area contributed by atoms with Crippen molar-refractivity contribution in [2.45, 2.75) is 0 Å². The maximum absolute atomic E-state index is 9.40. The second-order valence-electron chi connectivity index (χ2n) is 5.98. The molecule has 0 radical (unpaired) electrons. The van der Waals surface area contributed by atoms with Gasteiger partial charge in [-0.2, -0.15) is 5.26 Å². The first-order valence-electron chi connectivity index (χ1n) is 8.41. The van der Waals surface area contributed by atoms with Crippen LogP contribution >= 0.6 is 0 Å². The van der Waals surface area contributed by atoms with E-state index in [0.717, 1.165) is 22.0 Å². The lowest BCUT2D eigenvalue weighted by Crippen LogP contribution is -1.90. The van der Waals surface area contributed by atoms with Crippen LogP contribution in [-0.2, 0) is 0 Å². The molecule has 0 saturated heterocycles. The maximum atomic E-state index is 9.40. The van der Waals surface area contributed by atoms with E-state index in [-0.39, 0.29) is 0 Å². The number of azo groups is 1. The molecule has 5 heteroatoms. The largest absolute Gasteiger partial charge is 0.396 e. The van der Waals surface area contributed by atoms with Crippen LogP contribution in [0.4, 0.5) is 17.1 Å². The highest BCUT2D eigenvalue weighted by molar-refractivity contribution is 6.01. The van der Waals surface area contributed by atoms with Crippen LogP contribution in [0, 0.1) is 11.3 Å². The summed E-state index contributed by atoms with van der Waals surface area (Å²) < 4.78 is 0. The predicted molar refractivity (Wildman–Crippen MR) is 107 cm³/mol. The van der Waals surface area contributed by atoms with Crippen LogP contribution < -0.4 is 5.73 Å². The normalized spacial score (nSPS) is 10.9. The molecule has 0 fully saturated rings. The fourth-order valence-electron chi connectivity index (χ4n) is 2.89. The number of rotatable bonds is 3. The van der Waals surface area contributed by atoms with Gasteiger partial charge in [0.05, 0.1) is 29.2 Å². The Bertz CT molecular complexity index is 1170. The van der Waals surface area contributed by atoms with E-state index >= 15 is 0 Å². The molecule has 1 aromatic heterocycles. The number of nitriles is 1. The molecule has 128 valence electrons. The van der Waals surface area contributed by atoms with Gasteiger partial charge in [-0.15, -0.1) is 10.2 Å². The van der Waals surface area contributed by atoms with Crippen LogP contribution in [0.2, 0.25) is 0 Å². The zero-order valence-corrected chi connectivity index (χ0v) is 14.4. The average molecular weight is 349 g/mol. The van der Waals surface area contributed by atoms with Gasteiger partial charge in [-0.05, 0) is 18.2 Å². The van der Waals surface area contributed by atoms with Gasteiger partial charge in [0.2, 0.25) is 0 Å². The Labute approximate surface area is 156 Å². The molecule has 3 aromatic carbocycles. The minimum atomic E-state index is 0.470. The van der Waals surface area contributed by atoms with Gasteiger partial charge in [0, 0.05) is 16.3 Å². The van der Waals surface area contributed by atoms with Crippen LogP contribution in [0.25, 0.3) is 22.0 Å². The number of fused-ring (bicyclic) bond motifs is 1. The molecular weight excluding hydrogens is 334 g/mol. The lowest BCUT2D eigenvalue weighted by Gasteiger charge is -2.06. The van der Waals surface area contributed by atoms with Gasteiger partial charge < -0.3 is 5.73 Å². The summed E-state index contributed by atoms with van der Waals surface area (Å²) in [5.41, 5.74) is 10.2. The van der Waals surface area contributed by atoms with E-state index in [4.69, 9.17) is 5.73 Å². The van der Waals surface area contributed by atoms with E-state index in [1.165, 1.54) is 0 Å². The molecule has 4 rings (SSSR count). The van der Waals surface area contributed by atoms with Gasteiger partial charge in [-0.25, -0.2) is 0 Å². The summed E-state index contributed by atoms with van der Waals surface area (Å²) in [5, 5.41) is 19.5. The number of anilines is 1.